The topological polar surface area (TPSA) is 55.1 Å². The summed E-state index contributed by atoms with van der Waals surface area (Å²) in [7, 11) is 0. The first-order chi connectivity index (χ1) is 9.95. The Hall–Kier alpha value is -1.06. The lowest BCUT2D eigenvalue weighted by Gasteiger charge is -2.28. The molecule has 1 aromatic carbocycles. The van der Waals surface area contributed by atoms with Gasteiger partial charge in [0.2, 0.25) is 5.91 Å². The molecule has 2 aliphatic carbocycles. The van der Waals surface area contributed by atoms with Crippen LogP contribution in [0.2, 0.25) is 0 Å². The Labute approximate surface area is 139 Å². The Morgan fingerprint density at radius 2 is 1.77 bits per heavy atom. The van der Waals surface area contributed by atoms with E-state index in [0.717, 1.165) is 6.42 Å². The summed E-state index contributed by atoms with van der Waals surface area (Å²) < 4.78 is 0. The summed E-state index contributed by atoms with van der Waals surface area (Å²) in [5.74, 6) is 1.26. The summed E-state index contributed by atoms with van der Waals surface area (Å²) >= 11 is 0. The molecule has 3 rings (SSSR count). The second-order valence-corrected chi connectivity index (χ2v) is 7.09. The zero-order valence-electron chi connectivity index (χ0n) is 13.6. The number of aryl methyl sites for hydroxylation is 2. The van der Waals surface area contributed by atoms with Crippen molar-refractivity contribution in [1.82, 2.24) is 5.32 Å². The van der Waals surface area contributed by atoms with Crippen molar-refractivity contribution in [3.8, 4) is 0 Å². The minimum atomic E-state index is 0. The first-order valence-corrected chi connectivity index (χ1v) is 8.10. The van der Waals surface area contributed by atoms with Gasteiger partial charge in [0, 0.05) is 6.04 Å². The molecule has 22 heavy (non-hydrogen) atoms. The first-order valence-electron chi connectivity index (χ1n) is 8.10. The number of carbonyl (C=O) groups excluding carboxylic acids is 1. The van der Waals surface area contributed by atoms with Crippen LogP contribution in [0.1, 0.15) is 48.9 Å². The van der Waals surface area contributed by atoms with E-state index in [-0.39, 0.29) is 36.3 Å². The van der Waals surface area contributed by atoms with E-state index >= 15 is 0 Å². The van der Waals surface area contributed by atoms with E-state index in [1.165, 1.54) is 29.5 Å². The molecule has 0 aliphatic heterocycles. The molecular weight excluding hydrogens is 296 g/mol. The van der Waals surface area contributed by atoms with Gasteiger partial charge in [-0.2, -0.15) is 0 Å². The molecule has 0 aromatic heterocycles. The smallest absolute Gasteiger partial charge is 0.225 e. The molecule has 5 unspecified atom stereocenters. The van der Waals surface area contributed by atoms with Crippen molar-refractivity contribution in [2.45, 2.75) is 52.1 Å². The van der Waals surface area contributed by atoms with Crippen LogP contribution in [0.25, 0.3) is 0 Å². The summed E-state index contributed by atoms with van der Waals surface area (Å²) in [6.07, 6.45) is 3.54. The fraction of sp³-hybridized carbons (Fsp3) is 0.611. The highest BCUT2D eigenvalue weighted by molar-refractivity contribution is 5.85. The number of fused-ring (bicyclic) bond motifs is 2. The van der Waals surface area contributed by atoms with Crippen molar-refractivity contribution in [3.05, 3.63) is 34.9 Å². The molecule has 0 heterocycles. The van der Waals surface area contributed by atoms with Gasteiger partial charge in [0.15, 0.2) is 0 Å². The maximum Gasteiger partial charge on any atom is 0.225 e. The minimum Gasteiger partial charge on any atom is -0.349 e. The van der Waals surface area contributed by atoms with Crippen molar-refractivity contribution in [2.24, 2.45) is 23.5 Å². The maximum atomic E-state index is 12.6. The normalized spacial score (nSPS) is 30.7. The number of halogens is 1. The van der Waals surface area contributed by atoms with Crippen LogP contribution in [-0.4, -0.2) is 11.9 Å². The van der Waals surface area contributed by atoms with Crippen molar-refractivity contribution >= 4 is 18.3 Å². The summed E-state index contributed by atoms with van der Waals surface area (Å²) in [6, 6.07) is 6.57. The SMILES string of the molecule is Cc1cc(C)cc(C(C)NC(=O)C2C3CCC(C3)C2N)c1.Cl. The van der Waals surface area contributed by atoms with Gasteiger partial charge in [-0.15, -0.1) is 12.4 Å². The van der Waals surface area contributed by atoms with Crippen LogP contribution in [0.3, 0.4) is 0 Å². The van der Waals surface area contributed by atoms with Gasteiger partial charge in [-0.25, -0.2) is 0 Å². The van der Waals surface area contributed by atoms with Crippen LogP contribution in [0.5, 0.6) is 0 Å². The standard InChI is InChI=1S/C18H26N2O.ClH/c1-10-6-11(2)8-15(7-10)12(3)20-18(21)16-13-4-5-14(9-13)17(16)19;/h6-8,12-14,16-17H,4-5,9,19H2,1-3H3,(H,20,21);1H. The Bertz CT molecular complexity index is 538. The molecule has 0 saturated heterocycles. The third-order valence-corrected chi connectivity index (χ3v) is 5.39. The predicted molar refractivity (Wildman–Crippen MR) is 92.0 cm³/mol. The number of benzene rings is 1. The average Bonchev–Trinajstić information content (AvgIpc) is 2.97. The highest BCUT2D eigenvalue weighted by Gasteiger charge is 2.49. The Morgan fingerprint density at radius 1 is 1.18 bits per heavy atom. The van der Waals surface area contributed by atoms with Gasteiger partial charge in [-0.1, -0.05) is 29.3 Å². The van der Waals surface area contributed by atoms with E-state index in [9.17, 15) is 4.79 Å². The quantitative estimate of drug-likeness (QED) is 0.897. The molecular formula is C18H27ClN2O. The summed E-state index contributed by atoms with van der Waals surface area (Å²) in [4.78, 5) is 12.6. The molecule has 5 atom stereocenters. The lowest BCUT2D eigenvalue weighted by Crippen LogP contribution is -2.45. The molecule has 3 nitrogen and oxygen atoms in total. The molecule has 122 valence electrons. The van der Waals surface area contributed by atoms with Crippen molar-refractivity contribution < 1.29 is 4.79 Å². The number of hydrogen-bond acceptors (Lipinski definition) is 2. The van der Waals surface area contributed by atoms with Crippen LogP contribution >= 0.6 is 12.4 Å². The molecule has 1 aromatic rings. The number of nitrogens with one attached hydrogen (secondary N) is 1. The van der Waals surface area contributed by atoms with Crippen LogP contribution in [-0.2, 0) is 4.79 Å². The van der Waals surface area contributed by atoms with Crippen molar-refractivity contribution in [3.63, 3.8) is 0 Å². The van der Waals surface area contributed by atoms with Crippen LogP contribution in [0.15, 0.2) is 18.2 Å². The largest absolute Gasteiger partial charge is 0.349 e. The van der Waals surface area contributed by atoms with Crippen molar-refractivity contribution in [2.75, 3.05) is 0 Å². The van der Waals surface area contributed by atoms with Gasteiger partial charge in [0.1, 0.15) is 0 Å². The molecule has 0 spiro atoms. The lowest BCUT2D eigenvalue weighted by molar-refractivity contribution is -0.127. The minimum absolute atomic E-state index is 0. The predicted octanol–water partition coefficient (Wildman–Crippen LogP) is 3.28. The number of nitrogens with two attached hydrogens (primary N) is 1. The van der Waals surface area contributed by atoms with E-state index in [0.29, 0.717) is 11.8 Å². The zero-order chi connectivity index (χ0) is 15.1. The lowest BCUT2D eigenvalue weighted by atomic mass is 9.84. The van der Waals surface area contributed by atoms with E-state index in [2.05, 4.69) is 44.3 Å². The van der Waals surface area contributed by atoms with Gasteiger partial charge in [-0.05, 0) is 57.4 Å². The molecule has 2 bridgehead atoms. The van der Waals surface area contributed by atoms with Gasteiger partial charge >= 0.3 is 0 Å². The Balaban J connectivity index is 0.00000176. The molecule has 2 saturated carbocycles. The van der Waals surface area contributed by atoms with Gasteiger partial charge in [0.25, 0.3) is 0 Å². The molecule has 0 radical (unpaired) electrons. The van der Waals surface area contributed by atoms with E-state index < -0.39 is 0 Å². The van der Waals surface area contributed by atoms with Gasteiger partial charge in [0.05, 0.1) is 12.0 Å². The summed E-state index contributed by atoms with van der Waals surface area (Å²) in [6.45, 7) is 6.25. The number of rotatable bonds is 3. The molecule has 2 aliphatic rings. The molecule has 2 fully saturated rings. The van der Waals surface area contributed by atoms with Gasteiger partial charge in [-0.3, -0.25) is 4.79 Å². The van der Waals surface area contributed by atoms with Crippen LogP contribution < -0.4 is 11.1 Å². The Kier molecular flexibility index (Phi) is 5.18. The van der Waals surface area contributed by atoms with Crippen molar-refractivity contribution in [1.29, 1.82) is 0 Å². The number of amides is 1. The summed E-state index contributed by atoms with van der Waals surface area (Å²) in [5, 5.41) is 3.19. The highest BCUT2D eigenvalue weighted by Crippen LogP contribution is 2.47. The third kappa shape index (κ3) is 3.16. The second-order valence-electron chi connectivity index (χ2n) is 7.09. The average molecular weight is 323 g/mol. The third-order valence-electron chi connectivity index (χ3n) is 5.39. The fourth-order valence-electron chi connectivity index (χ4n) is 4.38. The van der Waals surface area contributed by atoms with E-state index in [4.69, 9.17) is 5.73 Å². The first kappa shape index (κ1) is 17.3. The zero-order valence-corrected chi connectivity index (χ0v) is 14.5. The van der Waals surface area contributed by atoms with Crippen LogP contribution in [0.4, 0.5) is 0 Å². The van der Waals surface area contributed by atoms with E-state index in [1.807, 2.05) is 0 Å². The maximum absolute atomic E-state index is 12.6. The van der Waals surface area contributed by atoms with Crippen LogP contribution in [0, 0.1) is 31.6 Å². The van der Waals surface area contributed by atoms with E-state index in [1.54, 1.807) is 0 Å². The second kappa shape index (κ2) is 6.59. The molecule has 3 N–H and O–H groups in total. The highest BCUT2D eigenvalue weighted by atomic mass is 35.5. The fourth-order valence-corrected chi connectivity index (χ4v) is 4.38. The monoisotopic (exact) mass is 322 g/mol. The number of carbonyl (C=O) groups is 1. The summed E-state index contributed by atoms with van der Waals surface area (Å²) in [5.41, 5.74) is 9.92. The number of hydrogen-bond donors (Lipinski definition) is 2. The van der Waals surface area contributed by atoms with Gasteiger partial charge < -0.3 is 11.1 Å². The Morgan fingerprint density at radius 3 is 2.32 bits per heavy atom. The molecule has 4 heteroatoms. The molecule has 1 amide bonds.